The maximum Gasteiger partial charge on any atom is 0.426 e. The second-order valence-corrected chi connectivity index (χ2v) is 3.80. The molecule has 2 rings (SSSR count). The van der Waals surface area contributed by atoms with Gasteiger partial charge in [0.05, 0.1) is 18.8 Å². The number of nitrogens with one attached hydrogen (secondary N) is 2. The van der Waals surface area contributed by atoms with Crippen molar-refractivity contribution in [3.63, 3.8) is 0 Å². The zero-order valence-corrected chi connectivity index (χ0v) is 9.43. The van der Waals surface area contributed by atoms with Crippen LogP contribution in [0.4, 0.5) is 4.79 Å². The summed E-state index contributed by atoms with van der Waals surface area (Å²) < 4.78 is 9.82. The number of rotatable bonds is 3. The maximum atomic E-state index is 11.6. The summed E-state index contributed by atoms with van der Waals surface area (Å²) in [7, 11) is 0. The average molecular weight is 238 g/mol. The third kappa shape index (κ3) is 2.77. The lowest BCUT2D eigenvalue weighted by atomic mass is 10.2. The maximum absolute atomic E-state index is 11.6. The van der Waals surface area contributed by atoms with Crippen LogP contribution in [0.2, 0.25) is 0 Å². The summed E-state index contributed by atoms with van der Waals surface area (Å²) in [5, 5.41) is 0. The molecule has 1 aromatic heterocycles. The van der Waals surface area contributed by atoms with Crippen molar-refractivity contribution in [2.75, 3.05) is 6.61 Å². The quantitative estimate of drug-likeness (QED) is 0.774. The Kier molecular flexibility index (Phi) is 3.32. The number of hydrogen-bond acceptors (Lipinski definition) is 4. The first-order chi connectivity index (χ1) is 8.22. The molecule has 0 saturated heterocycles. The lowest BCUT2D eigenvalue weighted by Crippen LogP contribution is -2.42. The van der Waals surface area contributed by atoms with Crippen molar-refractivity contribution in [2.45, 2.75) is 19.3 Å². The first-order valence-electron chi connectivity index (χ1n) is 5.48. The number of hydrazine groups is 1. The number of hydrogen-bond donors (Lipinski definition) is 2. The van der Waals surface area contributed by atoms with Crippen molar-refractivity contribution < 1.29 is 18.7 Å². The van der Waals surface area contributed by atoms with E-state index in [9.17, 15) is 9.59 Å². The number of carbonyl (C=O) groups excluding carboxylic acids is 2. The van der Waals surface area contributed by atoms with Gasteiger partial charge in [-0.15, -0.1) is 0 Å². The fraction of sp³-hybridized carbons (Fsp3) is 0.455. The van der Waals surface area contributed by atoms with E-state index in [2.05, 4.69) is 15.6 Å². The predicted octanol–water partition coefficient (Wildman–Crippen LogP) is 1.16. The molecule has 0 aromatic carbocycles. The first-order valence-corrected chi connectivity index (χ1v) is 5.48. The molecule has 92 valence electrons. The minimum Gasteiger partial charge on any atom is -0.469 e. The zero-order chi connectivity index (χ0) is 12.3. The van der Waals surface area contributed by atoms with Crippen LogP contribution in [0.1, 0.15) is 25.0 Å². The van der Waals surface area contributed by atoms with E-state index in [0.717, 1.165) is 12.2 Å². The Labute approximate surface area is 98.3 Å². The summed E-state index contributed by atoms with van der Waals surface area (Å²) in [5.41, 5.74) is 4.50. The molecule has 1 saturated carbocycles. The van der Waals surface area contributed by atoms with Gasteiger partial charge in [0.25, 0.3) is 0 Å². The molecule has 0 spiro atoms. The molecule has 1 fully saturated rings. The molecule has 2 atom stereocenters. The van der Waals surface area contributed by atoms with E-state index in [1.807, 2.05) is 6.07 Å². The Balaban J connectivity index is 1.74. The molecule has 0 aliphatic heterocycles. The van der Waals surface area contributed by atoms with Gasteiger partial charge in [0.15, 0.2) is 0 Å². The van der Waals surface area contributed by atoms with Crippen LogP contribution in [0.15, 0.2) is 22.8 Å². The Morgan fingerprint density at radius 1 is 1.53 bits per heavy atom. The zero-order valence-electron chi connectivity index (χ0n) is 9.43. The van der Waals surface area contributed by atoms with Crippen LogP contribution in [0.25, 0.3) is 0 Å². The second-order valence-electron chi connectivity index (χ2n) is 3.80. The minimum atomic E-state index is -0.656. The Hall–Kier alpha value is -1.98. The van der Waals surface area contributed by atoms with Gasteiger partial charge in [-0.05, 0) is 25.5 Å². The van der Waals surface area contributed by atoms with E-state index >= 15 is 0 Å². The predicted molar refractivity (Wildman–Crippen MR) is 57.9 cm³/mol. The fourth-order valence-electron chi connectivity index (χ4n) is 1.67. The largest absolute Gasteiger partial charge is 0.469 e. The number of ether oxygens (including phenoxy) is 1. The number of carbonyl (C=O) groups is 2. The summed E-state index contributed by atoms with van der Waals surface area (Å²) in [5.74, 6) is 0.567. The van der Waals surface area contributed by atoms with Gasteiger partial charge in [0.2, 0.25) is 5.91 Å². The van der Waals surface area contributed by atoms with Crippen LogP contribution in [0.5, 0.6) is 0 Å². The number of furan rings is 1. The highest BCUT2D eigenvalue weighted by atomic mass is 16.5. The SMILES string of the molecule is CCOC(=O)NNC(=O)C1CC1c1ccco1. The normalized spacial score (nSPS) is 21.7. The molecule has 1 aromatic rings. The Morgan fingerprint density at radius 3 is 3.00 bits per heavy atom. The molecule has 2 N–H and O–H groups in total. The van der Waals surface area contributed by atoms with E-state index in [0.29, 0.717) is 0 Å². The van der Waals surface area contributed by atoms with E-state index < -0.39 is 6.09 Å². The van der Waals surface area contributed by atoms with Crippen molar-refractivity contribution in [2.24, 2.45) is 5.92 Å². The van der Waals surface area contributed by atoms with E-state index in [-0.39, 0.29) is 24.3 Å². The van der Waals surface area contributed by atoms with Gasteiger partial charge in [-0.3, -0.25) is 10.2 Å². The average Bonchev–Trinajstić information content (AvgIpc) is 2.93. The van der Waals surface area contributed by atoms with Gasteiger partial charge in [-0.25, -0.2) is 10.2 Å². The van der Waals surface area contributed by atoms with Crippen molar-refractivity contribution in [3.05, 3.63) is 24.2 Å². The molecule has 1 heterocycles. The monoisotopic (exact) mass is 238 g/mol. The van der Waals surface area contributed by atoms with Crippen LogP contribution in [-0.2, 0) is 9.53 Å². The van der Waals surface area contributed by atoms with Crippen LogP contribution < -0.4 is 10.9 Å². The fourth-order valence-corrected chi connectivity index (χ4v) is 1.67. The van der Waals surface area contributed by atoms with Gasteiger partial charge >= 0.3 is 6.09 Å². The molecule has 6 heteroatoms. The summed E-state index contributed by atoms with van der Waals surface area (Å²) in [4.78, 5) is 22.5. The molecule has 2 amide bonds. The van der Waals surface area contributed by atoms with Crippen molar-refractivity contribution >= 4 is 12.0 Å². The molecule has 17 heavy (non-hydrogen) atoms. The summed E-state index contributed by atoms with van der Waals surface area (Å²) in [6.07, 6.45) is 1.67. The molecule has 1 aliphatic carbocycles. The number of amides is 2. The lowest BCUT2D eigenvalue weighted by molar-refractivity contribution is -0.123. The highest BCUT2D eigenvalue weighted by Gasteiger charge is 2.45. The summed E-state index contributed by atoms with van der Waals surface area (Å²) in [6.45, 7) is 1.95. The highest BCUT2D eigenvalue weighted by Crippen LogP contribution is 2.47. The third-order valence-electron chi connectivity index (χ3n) is 2.60. The molecule has 2 unspecified atom stereocenters. The first kappa shape index (κ1) is 11.5. The molecular weight excluding hydrogens is 224 g/mol. The molecule has 6 nitrogen and oxygen atoms in total. The van der Waals surface area contributed by atoms with Crippen molar-refractivity contribution in [1.82, 2.24) is 10.9 Å². The van der Waals surface area contributed by atoms with Crippen LogP contribution in [0, 0.1) is 5.92 Å². The topological polar surface area (TPSA) is 80.6 Å². The smallest absolute Gasteiger partial charge is 0.426 e. The van der Waals surface area contributed by atoms with Crippen molar-refractivity contribution in [1.29, 1.82) is 0 Å². The van der Waals surface area contributed by atoms with Crippen LogP contribution >= 0.6 is 0 Å². The van der Waals surface area contributed by atoms with Gasteiger partial charge < -0.3 is 9.15 Å². The molecule has 1 aliphatic rings. The molecule has 0 bridgehead atoms. The highest BCUT2D eigenvalue weighted by molar-refractivity contribution is 5.84. The summed E-state index contributed by atoms with van der Waals surface area (Å²) in [6, 6.07) is 3.64. The van der Waals surface area contributed by atoms with Gasteiger partial charge in [-0.1, -0.05) is 0 Å². The lowest BCUT2D eigenvalue weighted by Gasteiger charge is -2.06. The standard InChI is InChI=1S/C11H14N2O4/c1-2-16-11(15)13-12-10(14)8-6-7(8)9-4-3-5-17-9/h3-5,7-8H,2,6H2,1H3,(H,12,14)(H,13,15). The van der Waals surface area contributed by atoms with E-state index in [1.54, 1.807) is 19.3 Å². The second kappa shape index (κ2) is 4.90. The summed E-state index contributed by atoms with van der Waals surface area (Å²) >= 11 is 0. The van der Waals surface area contributed by atoms with Gasteiger partial charge in [-0.2, -0.15) is 0 Å². The molecular formula is C11H14N2O4. The van der Waals surface area contributed by atoms with Crippen LogP contribution in [0.3, 0.4) is 0 Å². The third-order valence-corrected chi connectivity index (χ3v) is 2.60. The van der Waals surface area contributed by atoms with Gasteiger partial charge in [0.1, 0.15) is 5.76 Å². The van der Waals surface area contributed by atoms with Crippen molar-refractivity contribution in [3.8, 4) is 0 Å². The molecule has 0 radical (unpaired) electrons. The minimum absolute atomic E-state index is 0.119. The van der Waals surface area contributed by atoms with E-state index in [1.165, 1.54) is 0 Å². The Bertz CT molecular complexity index is 402. The van der Waals surface area contributed by atoms with E-state index in [4.69, 9.17) is 4.42 Å². The Morgan fingerprint density at radius 2 is 2.35 bits per heavy atom. The van der Waals surface area contributed by atoms with Gasteiger partial charge in [0, 0.05) is 5.92 Å². The van der Waals surface area contributed by atoms with Crippen LogP contribution in [-0.4, -0.2) is 18.6 Å².